The minimum Gasteiger partial charge on any atom is -0.494 e. The van der Waals surface area contributed by atoms with E-state index in [1.165, 1.54) is 31.2 Å². The van der Waals surface area contributed by atoms with Gasteiger partial charge in [0.1, 0.15) is 17.6 Å². The Balaban J connectivity index is 1.05. The van der Waals surface area contributed by atoms with Gasteiger partial charge in [0.25, 0.3) is 0 Å². The largest absolute Gasteiger partial charge is 0.494 e. The number of hydrogen-bond donors (Lipinski definition) is 0. The van der Waals surface area contributed by atoms with E-state index in [1.54, 1.807) is 12.4 Å². The van der Waals surface area contributed by atoms with E-state index in [0.29, 0.717) is 13.2 Å². The predicted molar refractivity (Wildman–Crippen MR) is 152 cm³/mol. The van der Waals surface area contributed by atoms with E-state index in [4.69, 9.17) is 14.2 Å². The van der Waals surface area contributed by atoms with Gasteiger partial charge in [0.05, 0.1) is 31.2 Å². The van der Waals surface area contributed by atoms with Crippen LogP contribution >= 0.6 is 0 Å². The highest BCUT2D eigenvalue weighted by Gasteiger charge is 2.31. The second-order valence-corrected chi connectivity index (χ2v) is 9.65. The number of unbranched alkanes of at least 4 members (excludes halogenated alkanes) is 4. The van der Waals surface area contributed by atoms with E-state index in [0.717, 1.165) is 59.0 Å². The van der Waals surface area contributed by atoms with Crippen molar-refractivity contribution in [1.82, 2.24) is 9.97 Å². The highest BCUT2D eigenvalue weighted by molar-refractivity contribution is 5.71. The van der Waals surface area contributed by atoms with E-state index in [9.17, 15) is 0 Å². The summed E-state index contributed by atoms with van der Waals surface area (Å²) < 4.78 is 18.1. The quantitative estimate of drug-likeness (QED) is 0.161. The maximum absolute atomic E-state index is 6.26. The lowest BCUT2D eigenvalue weighted by atomic mass is 10.1. The summed E-state index contributed by atoms with van der Waals surface area (Å²) in [6.07, 6.45) is 10.5. The molecule has 0 spiro atoms. The van der Waals surface area contributed by atoms with Gasteiger partial charge in [-0.05, 0) is 53.9 Å². The van der Waals surface area contributed by atoms with E-state index >= 15 is 0 Å². The molecule has 0 saturated heterocycles. The normalized spacial score (nSPS) is 12.2. The first-order valence-electron chi connectivity index (χ1n) is 13.8. The second-order valence-electron chi connectivity index (χ2n) is 9.65. The average Bonchev–Trinajstić information content (AvgIpc) is 3.29. The lowest BCUT2D eigenvalue weighted by Crippen LogP contribution is -2.08. The molecule has 2 aromatic heterocycles. The summed E-state index contributed by atoms with van der Waals surface area (Å²) in [5, 5.41) is 0. The molecule has 5 nitrogen and oxygen atoms in total. The van der Waals surface area contributed by atoms with Crippen molar-refractivity contribution in [2.75, 3.05) is 19.8 Å². The Hall–Kier alpha value is -3.70. The number of pyridine rings is 2. The number of fused-ring (bicyclic) bond motifs is 3. The minimum absolute atomic E-state index is 0.121. The minimum atomic E-state index is -0.121. The van der Waals surface area contributed by atoms with Crippen molar-refractivity contribution >= 4 is 0 Å². The number of aromatic nitrogens is 2. The monoisotopic (exact) mass is 508 g/mol. The van der Waals surface area contributed by atoms with Crippen molar-refractivity contribution in [3.63, 3.8) is 0 Å². The maximum atomic E-state index is 6.26. The molecule has 0 bridgehead atoms. The van der Waals surface area contributed by atoms with Crippen molar-refractivity contribution in [2.24, 2.45) is 0 Å². The first-order valence-corrected chi connectivity index (χ1v) is 13.8. The number of nitrogens with zero attached hydrogens (tertiary/aromatic N) is 2. The molecule has 5 rings (SSSR count). The summed E-state index contributed by atoms with van der Waals surface area (Å²) in [5.41, 5.74) is 6.34. The van der Waals surface area contributed by atoms with Crippen LogP contribution in [0.15, 0.2) is 85.2 Å². The molecule has 38 heavy (non-hydrogen) atoms. The Morgan fingerprint density at radius 3 is 1.66 bits per heavy atom. The summed E-state index contributed by atoms with van der Waals surface area (Å²) in [5.74, 6) is 1.80. The second kappa shape index (κ2) is 13.2. The highest BCUT2D eigenvalue weighted by Crippen LogP contribution is 2.42. The zero-order chi connectivity index (χ0) is 26.0. The SMILES string of the molecule is CCCCCCCOc1ccc(-c2ccc(OCCCOC3c4cccnc4-c4ncccc43)cc2)cc1. The van der Waals surface area contributed by atoms with Gasteiger partial charge in [-0.1, -0.05) is 69.0 Å². The van der Waals surface area contributed by atoms with Crippen LogP contribution in [0.2, 0.25) is 0 Å². The van der Waals surface area contributed by atoms with Gasteiger partial charge in [-0.25, -0.2) is 0 Å². The van der Waals surface area contributed by atoms with Crippen LogP contribution < -0.4 is 9.47 Å². The molecule has 0 atom stereocenters. The van der Waals surface area contributed by atoms with E-state index in [2.05, 4.69) is 65.4 Å². The Morgan fingerprint density at radius 2 is 1.11 bits per heavy atom. The molecular weight excluding hydrogens is 472 g/mol. The Morgan fingerprint density at radius 1 is 0.579 bits per heavy atom. The van der Waals surface area contributed by atoms with Gasteiger partial charge < -0.3 is 14.2 Å². The van der Waals surface area contributed by atoms with Crippen LogP contribution in [0.4, 0.5) is 0 Å². The Kier molecular flexibility index (Phi) is 9.01. The molecular formula is C33H36N2O3. The van der Waals surface area contributed by atoms with Crippen LogP contribution in [0.1, 0.15) is 62.7 Å². The van der Waals surface area contributed by atoms with Gasteiger partial charge in [-0.15, -0.1) is 0 Å². The topological polar surface area (TPSA) is 53.5 Å². The van der Waals surface area contributed by atoms with Crippen molar-refractivity contribution in [1.29, 1.82) is 0 Å². The lowest BCUT2D eigenvalue weighted by Gasteiger charge is -2.14. The molecule has 4 aromatic rings. The molecule has 196 valence electrons. The molecule has 0 unspecified atom stereocenters. The molecule has 0 saturated carbocycles. The highest BCUT2D eigenvalue weighted by atomic mass is 16.5. The summed E-state index contributed by atoms with van der Waals surface area (Å²) in [7, 11) is 0. The summed E-state index contributed by atoms with van der Waals surface area (Å²) in [4.78, 5) is 9.04. The van der Waals surface area contributed by atoms with E-state index in [1.807, 2.05) is 24.3 Å². The number of rotatable bonds is 14. The lowest BCUT2D eigenvalue weighted by molar-refractivity contribution is 0.0729. The van der Waals surface area contributed by atoms with Crippen molar-refractivity contribution in [3.8, 4) is 34.0 Å². The van der Waals surface area contributed by atoms with Crippen molar-refractivity contribution in [2.45, 2.75) is 51.6 Å². The first-order chi connectivity index (χ1) is 18.8. The van der Waals surface area contributed by atoms with Crippen molar-refractivity contribution < 1.29 is 14.2 Å². The zero-order valence-electron chi connectivity index (χ0n) is 22.1. The van der Waals surface area contributed by atoms with Gasteiger partial charge >= 0.3 is 0 Å². The van der Waals surface area contributed by atoms with E-state index < -0.39 is 0 Å². The van der Waals surface area contributed by atoms with Gasteiger partial charge in [0, 0.05) is 29.9 Å². The molecule has 1 aliphatic carbocycles. The molecule has 0 fully saturated rings. The molecule has 1 aliphatic rings. The third kappa shape index (κ3) is 6.40. The van der Waals surface area contributed by atoms with Gasteiger partial charge in [0.15, 0.2) is 0 Å². The van der Waals surface area contributed by atoms with Gasteiger partial charge in [-0.2, -0.15) is 0 Å². The van der Waals surface area contributed by atoms with Crippen LogP contribution in [-0.4, -0.2) is 29.8 Å². The molecule has 0 aliphatic heterocycles. The van der Waals surface area contributed by atoms with Gasteiger partial charge in [0.2, 0.25) is 0 Å². The van der Waals surface area contributed by atoms with Gasteiger partial charge in [-0.3, -0.25) is 9.97 Å². The van der Waals surface area contributed by atoms with Crippen LogP contribution in [-0.2, 0) is 4.74 Å². The molecule has 5 heteroatoms. The van der Waals surface area contributed by atoms with E-state index in [-0.39, 0.29) is 6.10 Å². The number of hydrogen-bond acceptors (Lipinski definition) is 5. The molecule has 2 heterocycles. The summed E-state index contributed by atoms with van der Waals surface area (Å²) >= 11 is 0. The number of ether oxygens (including phenoxy) is 3. The van der Waals surface area contributed by atoms with Crippen LogP contribution in [0.25, 0.3) is 22.5 Å². The maximum Gasteiger partial charge on any atom is 0.119 e. The number of benzene rings is 2. The fourth-order valence-electron chi connectivity index (χ4n) is 4.83. The standard InChI is InChI=1S/C33H36N2O3/c1-2-3-4-5-6-22-36-27-16-12-25(13-17-27)26-14-18-28(19-15-26)37-23-9-24-38-33-29-10-7-20-34-31(29)32-30(33)11-8-21-35-32/h7-8,10-21,33H,2-6,9,22-24H2,1H3. The van der Waals surface area contributed by atoms with Crippen LogP contribution in [0.3, 0.4) is 0 Å². The van der Waals surface area contributed by atoms with Crippen LogP contribution in [0, 0.1) is 0 Å². The average molecular weight is 509 g/mol. The van der Waals surface area contributed by atoms with Crippen molar-refractivity contribution in [3.05, 3.63) is 96.3 Å². The molecule has 0 N–H and O–H groups in total. The first kappa shape index (κ1) is 25.9. The fourth-order valence-corrected chi connectivity index (χ4v) is 4.83. The molecule has 2 aromatic carbocycles. The third-order valence-corrected chi connectivity index (χ3v) is 6.87. The molecule has 0 amide bonds. The Bertz CT molecular complexity index is 1240. The van der Waals surface area contributed by atoms with Crippen LogP contribution in [0.5, 0.6) is 11.5 Å². The third-order valence-electron chi connectivity index (χ3n) is 6.87. The Labute approximate surface area is 225 Å². The summed E-state index contributed by atoms with van der Waals surface area (Å²) in [6.45, 7) is 4.22. The smallest absolute Gasteiger partial charge is 0.119 e. The molecule has 0 radical (unpaired) electrons. The fraction of sp³-hybridized carbons (Fsp3) is 0.333. The predicted octanol–water partition coefficient (Wildman–Crippen LogP) is 8.05. The zero-order valence-corrected chi connectivity index (χ0v) is 22.1. The summed E-state index contributed by atoms with van der Waals surface area (Å²) in [6, 6.07) is 24.6.